The molecule has 3 aromatic heterocycles. The van der Waals surface area contributed by atoms with E-state index in [2.05, 4.69) is 33.4 Å². The average molecular weight is 263 g/mol. The van der Waals surface area contributed by atoms with Gasteiger partial charge in [-0.05, 0) is 35.4 Å². The summed E-state index contributed by atoms with van der Waals surface area (Å²) >= 11 is 0. The van der Waals surface area contributed by atoms with E-state index in [0.717, 1.165) is 33.1 Å². The summed E-state index contributed by atoms with van der Waals surface area (Å²) in [6, 6.07) is 10.3. The van der Waals surface area contributed by atoms with Crippen molar-refractivity contribution in [2.45, 2.75) is 0 Å². The first-order chi connectivity index (χ1) is 9.74. The molecule has 0 aliphatic heterocycles. The second-order valence-corrected chi connectivity index (χ2v) is 4.89. The molecule has 5 heteroatoms. The predicted octanol–water partition coefficient (Wildman–Crippen LogP) is 2.70. The number of nitrogens with two attached hydrogens (primary N) is 1. The third kappa shape index (κ3) is 1.43. The molecule has 0 aliphatic carbocycles. The zero-order chi connectivity index (χ0) is 13.7. The van der Waals surface area contributed by atoms with E-state index in [1.54, 1.807) is 0 Å². The number of benzene rings is 1. The van der Waals surface area contributed by atoms with Gasteiger partial charge < -0.3 is 10.3 Å². The molecule has 20 heavy (non-hydrogen) atoms. The van der Waals surface area contributed by atoms with Crippen LogP contribution in [0.1, 0.15) is 0 Å². The normalized spacial score (nSPS) is 11.4. The van der Waals surface area contributed by atoms with E-state index in [4.69, 9.17) is 5.73 Å². The van der Waals surface area contributed by atoms with Crippen molar-refractivity contribution in [3.05, 3.63) is 42.7 Å². The minimum Gasteiger partial charge on any atom is -0.382 e. The van der Waals surface area contributed by atoms with Gasteiger partial charge in [0.1, 0.15) is 5.65 Å². The topological polar surface area (TPSA) is 72.5 Å². The highest BCUT2D eigenvalue weighted by Gasteiger charge is 2.09. The Balaban J connectivity index is 2.03. The van der Waals surface area contributed by atoms with Crippen LogP contribution in [0.15, 0.2) is 42.7 Å². The van der Waals surface area contributed by atoms with Crippen molar-refractivity contribution in [2.24, 2.45) is 7.05 Å². The van der Waals surface area contributed by atoms with Gasteiger partial charge in [-0.2, -0.15) is 5.10 Å². The number of nitrogens with zero attached hydrogens (tertiary/aromatic N) is 3. The number of aromatic amines is 1. The van der Waals surface area contributed by atoms with Crippen molar-refractivity contribution in [1.29, 1.82) is 0 Å². The van der Waals surface area contributed by atoms with Crippen LogP contribution in [0.4, 0.5) is 5.82 Å². The predicted molar refractivity (Wildman–Crippen MR) is 80.2 cm³/mol. The molecule has 0 saturated heterocycles. The van der Waals surface area contributed by atoms with E-state index in [1.807, 2.05) is 36.1 Å². The Morgan fingerprint density at radius 3 is 2.95 bits per heavy atom. The van der Waals surface area contributed by atoms with Crippen LogP contribution >= 0.6 is 0 Å². The number of fused-ring (bicyclic) bond motifs is 2. The minimum absolute atomic E-state index is 0.528. The highest BCUT2D eigenvalue weighted by atomic mass is 15.1. The molecule has 5 nitrogen and oxygen atoms in total. The number of hydrogen-bond acceptors (Lipinski definition) is 3. The number of aryl methyl sites for hydroxylation is 1. The molecular weight excluding hydrogens is 250 g/mol. The summed E-state index contributed by atoms with van der Waals surface area (Å²) in [5, 5.41) is 9.03. The van der Waals surface area contributed by atoms with Crippen LogP contribution < -0.4 is 5.73 Å². The van der Waals surface area contributed by atoms with Crippen LogP contribution in [0.25, 0.3) is 33.1 Å². The third-order valence-electron chi connectivity index (χ3n) is 3.67. The quantitative estimate of drug-likeness (QED) is 0.554. The first-order valence-corrected chi connectivity index (χ1v) is 6.38. The van der Waals surface area contributed by atoms with Gasteiger partial charge in [-0.3, -0.25) is 5.10 Å². The molecule has 4 aromatic rings. The lowest BCUT2D eigenvalue weighted by Gasteiger charge is -2.04. The molecule has 0 bridgehead atoms. The van der Waals surface area contributed by atoms with Gasteiger partial charge in [0.25, 0.3) is 0 Å². The molecule has 0 unspecified atom stereocenters. The summed E-state index contributed by atoms with van der Waals surface area (Å²) < 4.78 is 2.02. The zero-order valence-corrected chi connectivity index (χ0v) is 11.0. The molecule has 3 N–H and O–H groups in total. The molecule has 0 atom stereocenters. The van der Waals surface area contributed by atoms with Crippen molar-refractivity contribution >= 4 is 27.8 Å². The summed E-state index contributed by atoms with van der Waals surface area (Å²) in [6.45, 7) is 0. The van der Waals surface area contributed by atoms with Crippen LogP contribution in [-0.2, 0) is 7.05 Å². The van der Waals surface area contributed by atoms with Gasteiger partial charge in [-0.25, -0.2) is 4.98 Å². The fraction of sp³-hybridized carbons (Fsp3) is 0.0667. The number of hydrogen-bond donors (Lipinski definition) is 2. The summed E-state index contributed by atoms with van der Waals surface area (Å²) in [6.07, 6.45) is 3.85. The smallest absolute Gasteiger partial charge is 0.153 e. The van der Waals surface area contributed by atoms with Crippen molar-refractivity contribution < 1.29 is 0 Å². The first kappa shape index (κ1) is 11.0. The molecule has 0 fully saturated rings. The molecular formula is C15H13N5. The Hall–Kier alpha value is -2.82. The first-order valence-electron chi connectivity index (χ1n) is 6.38. The maximum absolute atomic E-state index is 5.88. The van der Waals surface area contributed by atoms with E-state index in [1.165, 1.54) is 0 Å². The van der Waals surface area contributed by atoms with Crippen molar-refractivity contribution in [2.75, 3.05) is 5.73 Å². The lowest BCUT2D eigenvalue weighted by Crippen LogP contribution is -1.89. The Morgan fingerprint density at radius 1 is 1.15 bits per heavy atom. The van der Waals surface area contributed by atoms with Crippen molar-refractivity contribution in [3.63, 3.8) is 0 Å². The van der Waals surface area contributed by atoms with Gasteiger partial charge in [0.2, 0.25) is 0 Å². The van der Waals surface area contributed by atoms with Gasteiger partial charge in [-0.1, -0.05) is 6.07 Å². The Bertz CT molecular complexity index is 932. The summed E-state index contributed by atoms with van der Waals surface area (Å²) in [4.78, 5) is 4.42. The maximum Gasteiger partial charge on any atom is 0.153 e. The molecule has 0 saturated carbocycles. The van der Waals surface area contributed by atoms with Crippen molar-refractivity contribution in [1.82, 2.24) is 19.7 Å². The van der Waals surface area contributed by atoms with Crippen LogP contribution in [0.2, 0.25) is 0 Å². The standard InChI is InChI=1S/C15H13N5/c1-20-7-5-11-10(4-6-17-15(11)20)9-2-3-13-12(8-9)14(16)19-18-13/h2-8H,1H3,(H3,16,18,19). The largest absolute Gasteiger partial charge is 0.382 e. The molecule has 0 aliphatic rings. The average Bonchev–Trinajstić information content (AvgIpc) is 3.03. The maximum atomic E-state index is 5.88. The van der Waals surface area contributed by atoms with Crippen LogP contribution in [0.3, 0.4) is 0 Å². The fourth-order valence-electron chi connectivity index (χ4n) is 2.62. The van der Waals surface area contributed by atoms with Gasteiger partial charge in [-0.15, -0.1) is 0 Å². The molecule has 98 valence electrons. The number of anilines is 1. The molecule has 0 spiro atoms. The van der Waals surface area contributed by atoms with E-state index in [-0.39, 0.29) is 0 Å². The molecule has 0 amide bonds. The highest BCUT2D eigenvalue weighted by Crippen LogP contribution is 2.31. The van der Waals surface area contributed by atoms with Crippen LogP contribution in [-0.4, -0.2) is 19.7 Å². The fourth-order valence-corrected chi connectivity index (χ4v) is 2.62. The van der Waals surface area contributed by atoms with Gasteiger partial charge in [0.15, 0.2) is 5.82 Å². The van der Waals surface area contributed by atoms with E-state index in [9.17, 15) is 0 Å². The number of pyridine rings is 1. The summed E-state index contributed by atoms with van der Waals surface area (Å²) in [5.74, 6) is 0.528. The Kier molecular flexibility index (Phi) is 2.12. The van der Waals surface area contributed by atoms with Crippen LogP contribution in [0, 0.1) is 0 Å². The summed E-state index contributed by atoms with van der Waals surface area (Å²) in [7, 11) is 2.00. The molecule has 0 radical (unpaired) electrons. The number of nitrogen functional groups attached to an aromatic ring is 1. The number of aromatic nitrogens is 4. The van der Waals surface area contributed by atoms with E-state index >= 15 is 0 Å². The van der Waals surface area contributed by atoms with Gasteiger partial charge in [0, 0.05) is 30.2 Å². The van der Waals surface area contributed by atoms with E-state index in [0.29, 0.717) is 5.82 Å². The van der Waals surface area contributed by atoms with Gasteiger partial charge in [0.05, 0.1) is 5.52 Å². The third-order valence-corrected chi connectivity index (χ3v) is 3.67. The summed E-state index contributed by atoms with van der Waals surface area (Å²) in [5.41, 5.74) is 10.1. The number of rotatable bonds is 1. The lowest BCUT2D eigenvalue weighted by molar-refractivity contribution is 0.949. The number of H-pyrrole nitrogens is 1. The van der Waals surface area contributed by atoms with Gasteiger partial charge >= 0.3 is 0 Å². The van der Waals surface area contributed by atoms with Crippen LogP contribution in [0.5, 0.6) is 0 Å². The molecule has 3 heterocycles. The van der Waals surface area contributed by atoms with E-state index < -0.39 is 0 Å². The second-order valence-electron chi connectivity index (χ2n) is 4.89. The highest BCUT2D eigenvalue weighted by molar-refractivity contribution is 5.98. The van der Waals surface area contributed by atoms with Crippen molar-refractivity contribution in [3.8, 4) is 11.1 Å². The Morgan fingerprint density at radius 2 is 2.05 bits per heavy atom. The zero-order valence-electron chi connectivity index (χ0n) is 11.0. The second kappa shape index (κ2) is 3.84. The molecule has 4 rings (SSSR count). The lowest BCUT2D eigenvalue weighted by atomic mass is 10.0. The SMILES string of the molecule is Cn1ccc2c(-c3ccc4[nH]nc(N)c4c3)ccnc21. The Labute approximate surface area is 115 Å². The monoisotopic (exact) mass is 263 g/mol. The minimum atomic E-state index is 0.528. The number of nitrogens with one attached hydrogen (secondary N) is 1. The molecule has 1 aromatic carbocycles.